The smallest absolute Gasteiger partial charge is 0.193 e. The molecule has 0 saturated heterocycles. The number of allylic oxidation sites excluding steroid dienone is 12. The minimum absolute atomic E-state index is 0.0256. The number of carbonyl (C=O) groups is 3. The molecule has 4 atom stereocenters. The summed E-state index contributed by atoms with van der Waals surface area (Å²) < 4.78 is 0. The molecule has 0 spiro atoms. The van der Waals surface area contributed by atoms with Crippen molar-refractivity contribution in [3.05, 3.63) is 226 Å². The highest BCUT2D eigenvalue weighted by molar-refractivity contribution is 6.21. The summed E-state index contributed by atoms with van der Waals surface area (Å²) in [4.78, 5) is 47.0. The highest BCUT2D eigenvalue weighted by Gasteiger charge is 2.58. The van der Waals surface area contributed by atoms with Crippen molar-refractivity contribution in [3.8, 4) is 0 Å². The Hall–Kier alpha value is -6.67. The molecule has 2 aliphatic heterocycles. The van der Waals surface area contributed by atoms with Gasteiger partial charge < -0.3 is 20.8 Å². The summed E-state index contributed by atoms with van der Waals surface area (Å²) in [6.07, 6.45) is 20.3. The van der Waals surface area contributed by atoms with E-state index in [1.54, 1.807) is 24.3 Å². The molecular weight excluding hydrogens is 769 g/mol. The molecule has 8 rings (SSSR count). The van der Waals surface area contributed by atoms with Crippen LogP contribution in [0.5, 0.6) is 0 Å². The number of ketones is 3. The molecule has 7 heteroatoms. The van der Waals surface area contributed by atoms with Gasteiger partial charge in [-0.1, -0.05) is 157 Å². The second-order valence-electron chi connectivity index (χ2n) is 16.7. The van der Waals surface area contributed by atoms with Gasteiger partial charge >= 0.3 is 0 Å². The third kappa shape index (κ3) is 7.97. The number of dihydropyridines is 2. The fourth-order valence-electron chi connectivity index (χ4n) is 9.66. The van der Waals surface area contributed by atoms with Gasteiger partial charge in [0, 0.05) is 59.7 Å². The van der Waals surface area contributed by atoms with E-state index in [2.05, 4.69) is 10.6 Å². The Morgan fingerprint density at radius 3 is 1.29 bits per heavy atom. The molecule has 0 bridgehead atoms. The van der Waals surface area contributed by atoms with Crippen molar-refractivity contribution < 1.29 is 24.6 Å². The van der Waals surface area contributed by atoms with Crippen LogP contribution in [0.1, 0.15) is 68.7 Å². The molecule has 4 aromatic rings. The quantitative estimate of drug-likeness (QED) is 0.0937. The van der Waals surface area contributed by atoms with Crippen molar-refractivity contribution in [1.82, 2.24) is 10.6 Å². The van der Waals surface area contributed by atoms with Crippen LogP contribution in [-0.2, 0) is 4.79 Å². The number of hydrogen-bond donors (Lipinski definition) is 4. The lowest BCUT2D eigenvalue weighted by Crippen LogP contribution is -2.52. The summed E-state index contributed by atoms with van der Waals surface area (Å²) in [5, 5.41) is 29.0. The Morgan fingerprint density at radius 1 is 0.565 bits per heavy atom. The van der Waals surface area contributed by atoms with Crippen molar-refractivity contribution >= 4 is 28.5 Å². The molecule has 0 amide bonds. The Balaban J connectivity index is 1.43. The average Bonchev–Trinajstić information content (AvgIpc) is 3.32. The Morgan fingerprint density at radius 2 is 0.952 bits per heavy atom. The summed E-state index contributed by atoms with van der Waals surface area (Å²) in [5.74, 6) is -2.06. The number of hydrogen-bond acceptors (Lipinski definition) is 7. The molecule has 4 unspecified atom stereocenters. The van der Waals surface area contributed by atoms with E-state index in [9.17, 15) is 10.2 Å². The number of aliphatic hydroxyl groups excluding tert-OH is 2. The van der Waals surface area contributed by atoms with Gasteiger partial charge in [-0.25, -0.2) is 0 Å². The molecule has 312 valence electrons. The number of nitrogens with one attached hydrogen (secondary N) is 2. The topological polar surface area (TPSA) is 116 Å². The molecule has 2 heterocycles. The van der Waals surface area contributed by atoms with Crippen molar-refractivity contribution in [3.63, 3.8) is 0 Å². The van der Waals surface area contributed by atoms with Crippen LogP contribution in [0.3, 0.4) is 0 Å². The van der Waals surface area contributed by atoms with E-state index in [0.717, 1.165) is 33.4 Å². The van der Waals surface area contributed by atoms with E-state index >= 15 is 14.4 Å². The van der Waals surface area contributed by atoms with E-state index < -0.39 is 22.7 Å². The largest absolute Gasteiger partial charge is 0.396 e. The summed E-state index contributed by atoms with van der Waals surface area (Å²) in [7, 11) is 0. The molecule has 2 aliphatic carbocycles. The molecule has 0 radical (unpaired) electrons. The van der Waals surface area contributed by atoms with Gasteiger partial charge in [0.2, 0.25) is 0 Å². The number of rotatable bonds is 14. The van der Waals surface area contributed by atoms with E-state index in [1.165, 1.54) is 0 Å². The summed E-state index contributed by atoms with van der Waals surface area (Å²) in [6, 6.07) is 34.2. The monoisotopic (exact) mass is 820 g/mol. The van der Waals surface area contributed by atoms with Gasteiger partial charge in [0.15, 0.2) is 17.3 Å². The van der Waals surface area contributed by atoms with Crippen LogP contribution in [0.4, 0.5) is 0 Å². The van der Waals surface area contributed by atoms with Crippen LogP contribution in [0.2, 0.25) is 0 Å². The fraction of sp³-hybridized carbons (Fsp3) is 0.218. The van der Waals surface area contributed by atoms with Gasteiger partial charge in [0.1, 0.15) is 0 Å². The summed E-state index contributed by atoms with van der Waals surface area (Å²) in [6.45, 7) is 3.29. The maximum Gasteiger partial charge on any atom is 0.193 e. The Labute approximate surface area is 364 Å². The second kappa shape index (κ2) is 18.1. The molecule has 0 aromatic heterocycles. The molecule has 4 aromatic carbocycles. The average molecular weight is 821 g/mol. The predicted octanol–water partition coefficient (Wildman–Crippen LogP) is 9.74. The molecule has 0 fully saturated rings. The van der Waals surface area contributed by atoms with Gasteiger partial charge in [-0.05, 0) is 85.3 Å². The minimum Gasteiger partial charge on any atom is -0.396 e. The van der Waals surface area contributed by atoms with Crippen LogP contribution in [0, 0.1) is 36.5 Å². The normalized spacial score (nSPS) is 23.0. The lowest BCUT2D eigenvalue weighted by atomic mass is 9.51. The van der Waals surface area contributed by atoms with Crippen LogP contribution in [-0.4, -0.2) is 40.8 Å². The first-order chi connectivity index (χ1) is 30.2. The maximum absolute atomic E-state index is 16.9. The molecular formula is C55H52N2O5. The lowest BCUT2D eigenvalue weighted by Gasteiger charge is -2.50. The zero-order valence-corrected chi connectivity index (χ0v) is 35.2. The van der Waals surface area contributed by atoms with Crippen LogP contribution in [0.15, 0.2) is 193 Å². The first-order valence-corrected chi connectivity index (χ1v) is 21.4. The number of benzene rings is 4. The molecule has 62 heavy (non-hydrogen) atoms. The van der Waals surface area contributed by atoms with Gasteiger partial charge in [-0.2, -0.15) is 0 Å². The molecule has 7 nitrogen and oxygen atoms in total. The highest BCUT2D eigenvalue weighted by Crippen LogP contribution is 2.58. The second-order valence-corrected chi connectivity index (χ2v) is 16.7. The third-order valence-corrected chi connectivity index (χ3v) is 12.8. The van der Waals surface area contributed by atoms with E-state index in [-0.39, 0.29) is 43.4 Å². The SMILES string of the molecule is Cc1ccc(C2=CC(C3=CNC=CC3)C(CCO)(C(=O)C3(CCO)C=C(C(=O)c4ccccc4)C(c4ccc(C)cc4)=CC3C3=CNC=CC3)C=C2C(=O)c2ccccc2)cc1. The number of aryl methyl sites for hydroxylation is 2. The van der Waals surface area contributed by atoms with Crippen LogP contribution in [0.25, 0.3) is 11.1 Å². The number of carbonyl (C=O) groups excluding carboxylic acids is 3. The number of Topliss-reactive ketones (excluding diaryl/α,β-unsaturated/α-hetero) is 3. The van der Waals surface area contributed by atoms with Crippen molar-refractivity contribution in [2.75, 3.05) is 13.2 Å². The van der Waals surface area contributed by atoms with Gasteiger partial charge in [-0.3, -0.25) is 14.4 Å². The van der Waals surface area contributed by atoms with Gasteiger partial charge in [0.05, 0.1) is 10.8 Å². The van der Waals surface area contributed by atoms with Crippen molar-refractivity contribution in [2.45, 2.75) is 39.5 Å². The third-order valence-electron chi connectivity index (χ3n) is 12.8. The molecule has 4 aliphatic rings. The lowest BCUT2D eigenvalue weighted by molar-refractivity contribution is -0.139. The van der Waals surface area contributed by atoms with E-state index in [1.807, 2.05) is 160 Å². The van der Waals surface area contributed by atoms with Crippen LogP contribution < -0.4 is 10.6 Å². The summed E-state index contributed by atoms with van der Waals surface area (Å²) in [5.41, 5.74) is 5.55. The standard InChI is InChI=1S/C55H52N2O5/c1-37-17-21-39(22-18-37)45-31-49(43-15-9-27-56-35-43)54(25-29-58,33-47(45)51(60)41-11-5-3-6-12-41)53(62)55(26-30-59)34-48(52(61)42-13-7-4-8-14-42)46(40-23-19-38(2)20-24-40)32-50(55)44-16-10-28-57-36-44/h3-14,17-24,27-28,31-36,49-50,56-59H,15-16,25-26,29-30H2,1-2H3. The molecule has 4 N–H and O–H groups in total. The van der Waals surface area contributed by atoms with Gasteiger partial charge in [0.25, 0.3) is 0 Å². The molecule has 0 saturated carbocycles. The zero-order chi connectivity index (χ0) is 43.3. The first-order valence-electron chi connectivity index (χ1n) is 21.4. The fourth-order valence-corrected chi connectivity index (χ4v) is 9.66. The van der Waals surface area contributed by atoms with Crippen molar-refractivity contribution in [1.29, 1.82) is 0 Å². The Bertz CT molecular complexity index is 2430. The highest BCUT2D eigenvalue weighted by atomic mass is 16.3. The van der Waals surface area contributed by atoms with Crippen molar-refractivity contribution in [2.24, 2.45) is 22.7 Å². The van der Waals surface area contributed by atoms with E-state index in [0.29, 0.717) is 46.3 Å². The first kappa shape index (κ1) is 42.0. The van der Waals surface area contributed by atoms with Crippen LogP contribution >= 0.6 is 0 Å². The van der Waals surface area contributed by atoms with E-state index in [4.69, 9.17) is 0 Å². The van der Waals surface area contributed by atoms with Gasteiger partial charge in [-0.15, -0.1) is 0 Å². The number of aliphatic hydroxyl groups is 2. The maximum atomic E-state index is 16.9. The zero-order valence-electron chi connectivity index (χ0n) is 35.2. The predicted molar refractivity (Wildman–Crippen MR) is 246 cm³/mol. The summed E-state index contributed by atoms with van der Waals surface area (Å²) >= 11 is 0. The minimum atomic E-state index is -1.53. The Kier molecular flexibility index (Phi) is 12.3.